The van der Waals surface area contributed by atoms with Gasteiger partial charge in [0.1, 0.15) is 16.8 Å². The van der Waals surface area contributed by atoms with Crippen LogP contribution in [0.3, 0.4) is 0 Å². The number of aliphatic imine (C=N–C) groups is 1. The van der Waals surface area contributed by atoms with Gasteiger partial charge in [-0.15, -0.1) is 11.3 Å². The third kappa shape index (κ3) is 2.36. The smallest absolute Gasteiger partial charge is 0.134 e. The molecule has 1 heterocycles. The van der Waals surface area contributed by atoms with Gasteiger partial charge in [0.25, 0.3) is 0 Å². The molecular formula is C18H14N2OS. The van der Waals surface area contributed by atoms with Crippen molar-refractivity contribution in [3.8, 4) is 11.8 Å². The number of nitrogens with zero attached hydrogens (tertiary/aromatic N) is 2. The molecule has 1 N–H and O–H groups in total. The van der Waals surface area contributed by atoms with Crippen LogP contribution in [0.25, 0.3) is 10.8 Å². The van der Waals surface area contributed by atoms with E-state index in [1.165, 1.54) is 11.3 Å². The Hall–Kier alpha value is -2.64. The average Bonchev–Trinajstić information content (AvgIpc) is 2.80. The Kier molecular flexibility index (Phi) is 3.66. The van der Waals surface area contributed by atoms with Gasteiger partial charge in [-0.05, 0) is 36.2 Å². The maximum atomic E-state index is 10.1. The first kappa shape index (κ1) is 14.3. The molecule has 1 aromatic heterocycles. The predicted octanol–water partition coefficient (Wildman–Crippen LogP) is 4.85. The zero-order chi connectivity index (χ0) is 15.7. The van der Waals surface area contributed by atoms with Crippen LogP contribution in [0, 0.1) is 25.2 Å². The molecule has 0 unspecified atom stereocenters. The topological polar surface area (TPSA) is 56.4 Å². The van der Waals surface area contributed by atoms with Crippen molar-refractivity contribution in [1.82, 2.24) is 0 Å². The number of fused-ring (bicyclic) bond motifs is 1. The Labute approximate surface area is 132 Å². The van der Waals surface area contributed by atoms with Crippen molar-refractivity contribution in [1.29, 1.82) is 5.26 Å². The van der Waals surface area contributed by atoms with Crippen LogP contribution in [-0.4, -0.2) is 11.3 Å². The number of thiophene rings is 1. The molecule has 0 amide bonds. The summed E-state index contributed by atoms with van der Waals surface area (Å²) in [5.41, 5.74) is 2.26. The molecule has 3 nitrogen and oxygen atoms in total. The van der Waals surface area contributed by atoms with Gasteiger partial charge in [0.2, 0.25) is 0 Å². The third-order valence-electron chi connectivity index (χ3n) is 3.74. The fraction of sp³-hybridized carbons (Fsp3) is 0.111. The van der Waals surface area contributed by atoms with Crippen molar-refractivity contribution < 1.29 is 5.11 Å². The summed E-state index contributed by atoms with van der Waals surface area (Å²) in [6.45, 7) is 3.91. The number of hydrogen-bond donors (Lipinski definition) is 1. The number of hydrogen-bond acceptors (Lipinski definition) is 4. The molecule has 0 aliphatic carbocycles. The SMILES string of the molecule is Cc1sc(N=Cc2c(O)ccc3ccccc23)c(C#N)c1C. The van der Waals surface area contributed by atoms with Crippen LogP contribution < -0.4 is 0 Å². The Balaban J connectivity index is 2.13. The summed E-state index contributed by atoms with van der Waals surface area (Å²) >= 11 is 1.49. The molecule has 2 aromatic carbocycles. The lowest BCUT2D eigenvalue weighted by Crippen LogP contribution is -1.85. The van der Waals surface area contributed by atoms with Gasteiger partial charge < -0.3 is 5.11 Å². The molecule has 108 valence electrons. The van der Waals surface area contributed by atoms with E-state index in [2.05, 4.69) is 11.1 Å². The van der Waals surface area contributed by atoms with Crippen LogP contribution in [0.1, 0.15) is 21.6 Å². The van der Waals surface area contributed by atoms with E-state index in [1.54, 1.807) is 12.3 Å². The van der Waals surface area contributed by atoms with Gasteiger partial charge in [-0.2, -0.15) is 5.26 Å². The lowest BCUT2D eigenvalue weighted by atomic mass is 10.0. The van der Waals surface area contributed by atoms with Gasteiger partial charge >= 0.3 is 0 Å². The fourth-order valence-electron chi connectivity index (χ4n) is 2.37. The van der Waals surface area contributed by atoms with Crippen molar-refractivity contribution in [2.24, 2.45) is 4.99 Å². The molecule has 0 aliphatic heterocycles. The van der Waals surface area contributed by atoms with Gasteiger partial charge in [-0.1, -0.05) is 30.3 Å². The number of aryl methyl sites for hydroxylation is 1. The summed E-state index contributed by atoms with van der Waals surface area (Å²) in [6, 6.07) is 13.6. The molecular weight excluding hydrogens is 292 g/mol. The highest BCUT2D eigenvalue weighted by Gasteiger charge is 2.11. The van der Waals surface area contributed by atoms with Crippen LogP contribution >= 0.6 is 11.3 Å². The van der Waals surface area contributed by atoms with Crippen LogP contribution in [0.2, 0.25) is 0 Å². The number of nitriles is 1. The predicted molar refractivity (Wildman–Crippen MR) is 91.4 cm³/mol. The van der Waals surface area contributed by atoms with E-state index in [0.717, 1.165) is 21.2 Å². The molecule has 0 aliphatic rings. The average molecular weight is 306 g/mol. The van der Waals surface area contributed by atoms with Crippen LogP contribution in [-0.2, 0) is 0 Å². The Morgan fingerprint density at radius 1 is 1.18 bits per heavy atom. The van der Waals surface area contributed by atoms with Gasteiger partial charge in [0, 0.05) is 16.7 Å². The number of phenols is 1. The van der Waals surface area contributed by atoms with E-state index in [4.69, 9.17) is 0 Å². The number of aromatic hydroxyl groups is 1. The largest absolute Gasteiger partial charge is 0.507 e. The summed E-state index contributed by atoms with van der Waals surface area (Å²) in [4.78, 5) is 5.54. The van der Waals surface area contributed by atoms with Crippen LogP contribution in [0.5, 0.6) is 5.75 Å². The Bertz CT molecular complexity index is 932. The molecule has 0 atom stereocenters. The number of rotatable bonds is 2. The normalized spacial score (nSPS) is 11.1. The second-order valence-corrected chi connectivity index (χ2v) is 6.26. The minimum atomic E-state index is 0.186. The van der Waals surface area contributed by atoms with E-state index in [0.29, 0.717) is 16.1 Å². The van der Waals surface area contributed by atoms with Crippen LogP contribution in [0.4, 0.5) is 5.00 Å². The molecule has 0 saturated heterocycles. The first-order chi connectivity index (χ1) is 10.6. The minimum absolute atomic E-state index is 0.186. The maximum absolute atomic E-state index is 10.1. The quantitative estimate of drug-likeness (QED) is 0.688. The highest BCUT2D eigenvalue weighted by Crippen LogP contribution is 2.34. The molecule has 0 saturated carbocycles. The second kappa shape index (κ2) is 5.63. The zero-order valence-electron chi connectivity index (χ0n) is 12.3. The lowest BCUT2D eigenvalue weighted by molar-refractivity contribution is 0.475. The van der Waals surface area contributed by atoms with E-state index < -0.39 is 0 Å². The molecule has 0 spiro atoms. The van der Waals surface area contributed by atoms with Crippen molar-refractivity contribution in [2.75, 3.05) is 0 Å². The Morgan fingerprint density at radius 3 is 2.73 bits per heavy atom. The van der Waals surface area contributed by atoms with E-state index in [1.807, 2.05) is 44.2 Å². The number of phenolic OH excluding ortho intramolecular Hbond substituents is 1. The van der Waals surface area contributed by atoms with E-state index in [9.17, 15) is 10.4 Å². The minimum Gasteiger partial charge on any atom is -0.507 e. The summed E-state index contributed by atoms with van der Waals surface area (Å²) in [7, 11) is 0. The molecule has 0 radical (unpaired) electrons. The molecule has 3 aromatic rings. The summed E-state index contributed by atoms with van der Waals surface area (Å²) in [5.74, 6) is 0.186. The summed E-state index contributed by atoms with van der Waals surface area (Å²) in [6.07, 6.45) is 1.64. The molecule has 4 heteroatoms. The highest BCUT2D eigenvalue weighted by molar-refractivity contribution is 7.16. The van der Waals surface area contributed by atoms with Crippen molar-refractivity contribution in [3.63, 3.8) is 0 Å². The van der Waals surface area contributed by atoms with Crippen molar-refractivity contribution >= 4 is 33.3 Å². The second-order valence-electron chi connectivity index (χ2n) is 5.05. The van der Waals surface area contributed by atoms with Gasteiger partial charge in [0.15, 0.2) is 0 Å². The van der Waals surface area contributed by atoms with Gasteiger partial charge in [-0.3, -0.25) is 0 Å². The van der Waals surface area contributed by atoms with Crippen molar-refractivity contribution in [2.45, 2.75) is 13.8 Å². The molecule has 0 fully saturated rings. The van der Waals surface area contributed by atoms with Crippen molar-refractivity contribution in [3.05, 3.63) is 58.0 Å². The fourth-order valence-corrected chi connectivity index (χ4v) is 3.33. The standard InChI is InChI=1S/C18H14N2OS/c1-11-12(2)22-18(15(11)9-19)20-10-16-14-6-4-3-5-13(14)7-8-17(16)21/h3-8,10,21H,1-2H3. The molecule has 0 bridgehead atoms. The first-order valence-corrected chi connectivity index (χ1v) is 7.68. The van der Waals surface area contributed by atoms with Gasteiger partial charge in [-0.25, -0.2) is 4.99 Å². The molecule has 3 rings (SSSR count). The third-order valence-corrected chi connectivity index (χ3v) is 4.85. The first-order valence-electron chi connectivity index (χ1n) is 6.86. The zero-order valence-corrected chi connectivity index (χ0v) is 13.1. The summed E-state index contributed by atoms with van der Waals surface area (Å²) < 4.78 is 0. The Morgan fingerprint density at radius 2 is 1.95 bits per heavy atom. The lowest BCUT2D eigenvalue weighted by Gasteiger charge is -2.04. The molecule has 22 heavy (non-hydrogen) atoms. The number of benzene rings is 2. The maximum Gasteiger partial charge on any atom is 0.134 e. The van der Waals surface area contributed by atoms with Crippen LogP contribution in [0.15, 0.2) is 41.4 Å². The highest BCUT2D eigenvalue weighted by atomic mass is 32.1. The van der Waals surface area contributed by atoms with E-state index >= 15 is 0 Å². The monoisotopic (exact) mass is 306 g/mol. The van der Waals surface area contributed by atoms with E-state index in [-0.39, 0.29) is 5.75 Å². The van der Waals surface area contributed by atoms with Gasteiger partial charge in [0.05, 0.1) is 5.56 Å². The summed E-state index contributed by atoms with van der Waals surface area (Å²) in [5, 5.41) is 22.1.